The van der Waals surface area contributed by atoms with Crippen LogP contribution in [0.2, 0.25) is 0 Å². The average Bonchev–Trinajstić information content (AvgIpc) is 2.67. The highest BCUT2D eigenvalue weighted by atomic mass is 32.2. The Hall–Kier alpha value is -1.94. The second-order valence-electron chi connectivity index (χ2n) is 4.69. The van der Waals surface area contributed by atoms with E-state index in [1.807, 2.05) is 54.6 Å². The van der Waals surface area contributed by atoms with Gasteiger partial charge in [-0.25, -0.2) is 0 Å². The molecule has 0 spiro atoms. The number of hydrogen-bond donors (Lipinski definition) is 0. The molecule has 0 saturated carbocycles. The summed E-state index contributed by atoms with van der Waals surface area (Å²) < 4.78 is 12.2. The van der Waals surface area contributed by atoms with Gasteiger partial charge in [0.25, 0.3) is 5.91 Å². The van der Waals surface area contributed by atoms with Gasteiger partial charge in [0, 0.05) is 17.9 Å². The largest absolute Gasteiger partial charge is 0.307 e. The van der Waals surface area contributed by atoms with Crippen molar-refractivity contribution in [1.82, 2.24) is 0 Å². The highest BCUT2D eigenvalue weighted by Crippen LogP contribution is 2.28. The fourth-order valence-electron chi connectivity index (χ4n) is 2.40. The second kappa shape index (κ2) is 5.59. The van der Waals surface area contributed by atoms with E-state index in [1.165, 1.54) is 0 Å². The lowest BCUT2D eigenvalue weighted by molar-refractivity contribution is 0.0986. The average molecular weight is 285 g/mol. The standard InChI is InChI=1S/C16H15NO2S/c18-16(13-7-2-1-3-8-13)17-11-6-12-20(19)15-10-5-4-9-14(15)17/h1-5,7-10H,6,11-12H2/t20-/m0/s1. The number of anilines is 1. The number of nitrogens with zero attached hydrogens (tertiary/aromatic N) is 1. The van der Waals surface area contributed by atoms with Gasteiger partial charge in [0.1, 0.15) is 0 Å². The van der Waals surface area contributed by atoms with Crippen LogP contribution < -0.4 is 4.90 Å². The first-order valence-electron chi connectivity index (χ1n) is 6.62. The van der Waals surface area contributed by atoms with Crippen molar-refractivity contribution in [2.24, 2.45) is 0 Å². The molecule has 2 aromatic carbocycles. The molecule has 20 heavy (non-hydrogen) atoms. The van der Waals surface area contributed by atoms with Crippen LogP contribution in [0.15, 0.2) is 59.5 Å². The molecule has 2 aromatic rings. The summed E-state index contributed by atoms with van der Waals surface area (Å²) in [6.07, 6.45) is 0.750. The van der Waals surface area contributed by atoms with Crippen LogP contribution in [-0.4, -0.2) is 22.4 Å². The molecule has 0 aromatic heterocycles. The van der Waals surface area contributed by atoms with Crippen molar-refractivity contribution >= 4 is 22.4 Å². The van der Waals surface area contributed by atoms with Crippen molar-refractivity contribution in [2.45, 2.75) is 11.3 Å². The molecular weight excluding hydrogens is 270 g/mol. The summed E-state index contributed by atoms with van der Waals surface area (Å²) in [7, 11) is -1.02. The molecule has 4 heteroatoms. The van der Waals surface area contributed by atoms with Gasteiger partial charge < -0.3 is 4.90 Å². The van der Waals surface area contributed by atoms with Gasteiger partial charge in [-0.3, -0.25) is 9.00 Å². The number of para-hydroxylation sites is 1. The van der Waals surface area contributed by atoms with E-state index in [1.54, 1.807) is 4.90 Å². The second-order valence-corrected chi connectivity index (χ2v) is 6.23. The third-order valence-electron chi connectivity index (χ3n) is 3.38. The van der Waals surface area contributed by atoms with Gasteiger partial charge in [-0.1, -0.05) is 30.3 Å². The van der Waals surface area contributed by atoms with Crippen LogP contribution in [0, 0.1) is 0 Å². The predicted molar refractivity (Wildman–Crippen MR) is 80.5 cm³/mol. The Bertz CT molecular complexity index is 655. The number of carbonyl (C=O) groups is 1. The number of carbonyl (C=O) groups excluding carboxylic acids is 1. The topological polar surface area (TPSA) is 37.4 Å². The Morgan fingerprint density at radius 1 is 1.00 bits per heavy atom. The van der Waals surface area contributed by atoms with E-state index in [2.05, 4.69) is 0 Å². The van der Waals surface area contributed by atoms with Crippen molar-refractivity contribution in [1.29, 1.82) is 0 Å². The molecule has 0 aliphatic carbocycles. The zero-order valence-electron chi connectivity index (χ0n) is 11.0. The van der Waals surface area contributed by atoms with Crippen molar-refractivity contribution in [3.8, 4) is 0 Å². The number of benzene rings is 2. The summed E-state index contributed by atoms with van der Waals surface area (Å²) in [5, 5.41) is 0. The van der Waals surface area contributed by atoms with Crippen LogP contribution in [0.5, 0.6) is 0 Å². The first-order chi connectivity index (χ1) is 9.77. The molecule has 0 fully saturated rings. The number of fused-ring (bicyclic) bond motifs is 1. The number of rotatable bonds is 1. The van der Waals surface area contributed by atoms with Crippen LogP contribution >= 0.6 is 0 Å². The van der Waals surface area contributed by atoms with Gasteiger partial charge in [0.2, 0.25) is 0 Å². The third kappa shape index (κ3) is 2.39. The molecule has 1 heterocycles. The maximum absolute atomic E-state index is 12.6. The van der Waals surface area contributed by atoms with Crippen LogP contribution in [0.1, 0.15) is 16.8 Å². The van der Waals surface area contributed by atoms with Gasteiger partial charge in [-0.2, -0.15) is 0 Å². The fraction of sp³-hybridized carbons (Fsp3) is 0.188. The summed E-state index contributed by atoms with van der Waals surface area (Å²) in [6.45, 7) is 0.608. The normalized spacial score (nSPS) is 18.2. The Morgan fingerprint density at radius 2 is 1.70 bits per heavy atom. The van der Waals surface area contributed by atoms with E-state index in [4.69, 9.17) is 0 Å². The maximum atomic E-state index is 12.6. The zero-order chi connectivity index (χ0) is 13.9. The monoisotopic (exact) mass is 285 g/mol. The third-order valence-corrected chi connectivity index (χ3v) is 4.87. The van der Waals surface area contributed by atoms with Gasteiger partial charge in [0.05, 0.1) is 21.4 Å². The van der Waals surface area contributed by atoms with Crippen LogP contribution in [0.25, 0.3) is 0 Å². The molecule has 1 amide bonds. The summed E-state index contributed by atoms with van der Waals surface area (Å²) in [5.41, 5.74) is 1.44. The minimum Gasteiger partial charge on any atom is -0.307 e. The van der Waals surface area contributed by atoms with Gasteiger partial charge >= 0.3 is 0 Å². The van der Waals surface area contributed by atoms with E-state index in [0.29, 0.717) is 17.9 Å². The van der Waals surface area contributed by atoms with Crippen LogP contribution in [0.3, 0.4) is 0 Å². The van der Waals surface area contributed by atoms with Gasteiger partial charge in [-0.15, -0.1) is 0 Å². The van der Waals surface area contributed by atoms with Crippen molar-refractivity contribution in [2.75, 3.05) is 17.2 Å². The van der Waals surface area contributed by atoms with E-state index >= 15 is 0 Å². The summed E-state index contributed by atoms with van der Waals surface area (Å²) in [4.78, 5) is 15.2. The Kier molecular flexibility index (Phi) is 3.65. The predicted octanol–water partition coefficient (Wildman–Crippen LogP) is 2.84. The highest BCUT2D eigenvalue weighted by molar-refractivity contribution is 7.85. The van der Waals surface area contributed by atoms with E-state index < -0.39 is 10.8 Å². The lowest BCUT2D eigenvalue weighted by atomic mass is 10.1. The fourth-order valence-corrected chi connectivity index (χ4v) is 3.66. The molecule has 1 aliphatic rings. The minimum absolute atomic E-state index is 0.0306. The van der Waals surface area contributed by atoms with Gasteiger partial charge in [0.15, 0.2) is 0 Å². The quantitative estimate of drug-likeness (QED) is 0.808. The van der Waals surface area contributed by atoms with Crippen LogP contribution in [-0.2, 0) is 10.8 Å². The Balaban J connectivity index is 2.04. The first kappa shape index (κ1) is 13.1. The minimum atomic E-state index is -1.02. The molecule has 1 atom stereocenters. The maximum Gasteiger partial charge on any atom is 0.258 e. The molecule has 0 bridgehead atoms. The molecule has 0 unspecified atom stereocenters. The first-order valence-corrected chi connectivity index (χ1v) is 7.93. The zero-order valence-corrected chi connectivity index (χ0v) is 11.8. The lowest BCUT2D eigenvalue weighted by Gasteiger charge is -2.22. The van der Waals surface area contributed by atoms with Gasteiger partial charge in [-0.05, 0) is 30.7 Å². The molecule has 0 N–H and O–H groups in total. The van der Waals surface area contributed by atoms with Crippen molar-refractivity contribution in [3.05, 3.63) is 60.2 Å². The summed E-state index contributed by atoms with van der Waals surface area (Å²) >= 11 is 0. The smallest absolute Gasteiger partial charge is 0.258 e. The summed E-state index contributed by atoms with van der Waals surface area (Å²) in [5.74, 6) is 0.576. The molecular formula is C16H15NO2S. The van der Waals surface area contributed by atoms with E-state index in [9.17, 15) is 9.00 Å². The molecule has 0 saturated heterocycles. The Morgan fingerprint density at radius 3 is 2.50 bits per heavy atom. The number of hydrogen-bond acceptors (Lipinski definition) is 2. The molecule has 3 nitrogen and oxygen atoms in total. The highest BCUT2D eigenvalue weighted by Gasteiger charge is 2.24. The molecule has 3 rings (SSSR count). The molecule has 102 valence electrons. The molecule has 0 radical (unpaired) electrons. The summed E-state index contributed by atoms with van der Waals surface area (Å²) in [6, 6.07) is 16.7. The molecule has 1 aliphatic heterocycles. The van der Waals surface area contributed by atoms with Crippen LogP contribution in [0.4, 0.5) is 5.69 Å². The van der Waals surface area contributed by atoms with E-state index in [-0.39, 0.29) is 5.91 Å². The van der Waals surface area contributed by atoms with E-state index in [0.717, 1.165) is 17.0 Å². The lowest BCUT2D eigenvalue weighted by Crippen LogP contribution is -2.31. The number of amides is 1. The van der Waals surface area contributed by atoms with Crippen molar-refractivity contribution in [3.63, 3.8) is 0 Å². The SMILES string of the molecule is O=C(c1ccccc1)N1CCC[S@](=O)c2ccccc21. The Labute approximate surface area is 120 Å². The van der Waals surface area contributed by atoms with Crippen molar-refractivity contribution < 1.29 is 9.00 Å².